The molecule has 0 bridgehead atoms. The van der Waals surface area contributed by atoms with Crippen LogP contribution in [0, 0.1) is 5.92 Å². The van der Waals surface area contributed by atoms with Gasteiger partial charge < -0.3 is 14.9 Å². The molecule has 0 saturated heterocycles. The minimum absolute atomic E-state index is 0.329. The smallest absolute Gasteiger partial charge is 0.330 e. The van der Waals surface area contributed by atoms with Crippen LogP contribution in [0.1, 0.15) is 69.6 Å². The number of carbonyl (C=O) groups is 3. The van der Waals surface area contributed by atoms with Crippen molar-refractivity contribution in [2.75, 3.05) is 0 Å². The van der Waals surface area contributed by atoms with Crippen LogP contribution in [-0.4, -0.2) is 28.1 Å². The molecule has 0 radical (unpaired) electrons. The van der Waals surface area contributed by atoms with Crippen molar-refractivity contribution in [1.29, 1.82) is 0 Å². The van der Waals surface area contributed by atoms with Crippen molar-refractivity contribution in [3.63, 3.8) is 0 Å². The average Bonchev–Trinajstić information content (AvgIpc) is 2.80. The molecule has 0 aliphatic heterocycles. The van der Waals surface area contributed by atoms with Crippen molar-refractivity contribution in [2.45, 2.75) is 52.9 Å². The zero-order chi connectivity index (χ0) is 26.5. The van der Waals surface area contributed by atoms with Crippen molar-refractivity contribution >= 4 is 36.1 Å². The Hall–Kier alpha value is -3.67. The van der Waals surface area contributed by atoms with E-state index >= 15 is 0 Å². The molecule has 2 N–H and O–H groups in total. The van der Waals surface area contributed by atoms with Gasteiger partial charge in [-0.15, -0.1) is 0 Å². The molecule has 0 fully saturated rings. The molecule has 0 aromatic heterocycles. The van der Waals surface area contributed by atoms with E-state index in [9.17, 15) is 14.4 Å². The fraction of sp³-hybridized carbons (Fsp3) is 0.321. The first-order valence-corrected chi connectivity index (χ1v) is 11.1. The first-order valence-electron chi connectivity index (χ1n) is 11.1. The van der Waals surface area contributed by atoms with Crippen LogP contribution >= 0.6 is 0 Å². The lowest BCUT2D eigenvalue weighted by molar-refractivity contribution is -0.135. The number of aliphatic carboxylic acids is 2. The van der Waals surface area contributed by atoms with Gasteiger partial charge >= 0.3 is 17.9 Å². The van der Waals surface area contributed by atoms with E-state index < -0.39 is 11.9 Å². The molecule has 0 amide bonds. The zero-order valence-electron chi connectivity index (χ0n) is 20.6. The fourth-order valence-electron chi connectivity index (χ4n) is 2.82. The highest BCUT2D eigenvalue weighted by Gasteiger charge is 2.11. The van der Waals surface area contributed by atoms with Crippen molar-refractivity contribution < 1.29 is 29.3 Å². The molecule has 0 saturated carbocycles. The molecule has 0 spiro atoms. The third-order valence-corrected chi connectivity index (χ3v) is 4.63. The summed E-state index contributed by atoms with van der Waals surface area (Å²) >= 11 is 0. The number of carboxylic acids is 2. The van der Waals surface area contributed by atoms with Crippen molar-refractivity contribution in [1.82, 2.24) is 0 Å². The van der Waals surface area contributed by atoms with E-state index in [-0.39, 0.29) is 5.97 Å². The number of benzene rings is 1. The van der Waals surface area contributed by atoms with Gasteiger partial charge in [-0.3, -0.25) is 4.79 Å². The maximum absolute atomic E-state index is 10.5. The summed E-state index contributed by atoms with van der Waals surface area (Å²) in [6, 6.07) is 5.59. The summed E-state index contributed by atoms with van der Waals surface area (Å²) in [5.41, 5.74) is 3.01. The van der Waals surface area contributed by atoms with E-state index in [4.69, 9.17) is 10.2 Å². The molecule has 186 valence electrons. The van der Waals surface area contributed by atoms with E-state index in [1.54, 1.807) is 18.2 Å². The molecule has 6 nitrogen and oxygen atoms in total. The predicted molar refractivity (Wildman–Crippen MR) is 140 cm³/mol. The van der Waals surface area contributed by atoms with Gasteiger partial charge in [0, 0.05) is 18.6 Å². The third-order valence-electron chi connectivity index (χ3n) is 4.63. The Kier molecular flexibility index (Phi) is 19.1. The van der Waals surface area contributed by atoms with Gasteiger partial charge in [0.2, 0.25) is 0 Å². The Morgan fingerprint density at radius 1 is 1.06 bits per heavy atom. The number of carboxylic acid groups (broad SMARTS) is 2. The van der Waals surface area contributed by atoms with E-state index in [2.05, 4.69) is 44.9 Å². The minimum Gasteiger partial charge on any atom is -0.478 e. The van der Waals surface area contributed by atoms with Gasteiger partial charge in [-0.1, -0.05) is 96.2 Å². The highest BCUT2D eigenvalue weighted by Crippen LogP contribution is 2.20. The number of carbonyl (C=O) groups excluding carboxylic acids is 1. The Morgan fingerprint density at radius 3 is 2.06 bits per heavy atom. The van der Waals surface area contributed by atoms with Gasteiger partial charge in [0.25, 0.3) is 0 Å². The van der Waals surface area contributed by atoms with E-state index in [1.807, 2.05) is 18.2 Å². The Bertz CT molecular complexity index is 864. The maximum atomic E-state index is 10.5. The summed E-state index contributed by atoms with van der Waals surface area (Å²) in [6.07, 6.45) is 12.3. The summed E-state index contributed by atoms with van der Waals surface area (Å²) < 4.78 is 4.17. The average molecular weight is 471 g/mol. The van der Waals surface area contributed by atoms with Crippen LogP contribution in [0.3, 0.4) is 0 Å². The van der Waals surface area contributed by atoms with Crippen LogP contribution in [0.25, 0.3) is 18.2 Å². The Balaban J connectivity index is 0. The largest absolute Gasteiger partial charge is 0.478 e. The summed E-state index contributed by atoms with van der Waals surface area (Å²) in [5, 5.41) is 17.2. The number of rotatable bonds is 12. The molecular formula is C28H38O6. The molecule has 0 heterocycles. The number of ether oxygens (including phenoxy) is 1. The Morgan fingerprint density at radius 2 is 1.68 bits per heavy atom. The van der Waals surface area contributed by atoms with Gasteiger partial charge in [-0.25, -0.2) is 9.59 Å². The van der Waals surface area contributed by atoms with Crippen LogP contribution in [0.2, 0.25) is 0 Å². The van der Waals surface area contributed by atoms with E-state index in [0.29, 0.717) is 17.9 Å². The van der Waals surface area contributed by atoms with Crippen molar-refractivity contribution in [2.24, 2.45) is 5.92 Å². The zero-order valence-corrected chi connectivity index (χ0v) is 20.6. The van der Waals surface area contributed by atoms with Crippen LogP contribution < -0.4 is 0 Å². The molecule has 1 aromatic carbocycles. The third kappa shape index (κ3) is 16.0. The second-order valence-electron chi connectivity index (χ2n) is 7.24. The first kappa shape index (κ1) is 32.5. The lowest BCUT2D eigenvalue weighted by atomic mass is 9.92. The number of hydrogen-bond acceptors (Lipinski definition) is 4. The summed E-state index contributed by atoms with van der Waals surface area (Å²) in [6.45, 7) is 19.7. The number of esters is 1. The van der Waals surface area contributed by atoms with Gasteiger partial charge in [-0.2, -0.15) is 0 Å². The molecule has 0 aliphatic carbocycles. The van der Waals surface area contributed by atoms with E-state index in [0.717, 1.165) is 41.9 Å². The SMILES string of the molecule is C=C(CC(CC)CCCC)C(=O)O.C=COC(C)=O.C=Cc1cccc(C=CC(=O)O)c1C=C. The van der Waals surface area contributed by atoms with Gasteiger partial charge in [0.15, 0.2) is 0 Å². The second kappa shape index (κ2) is 20.0. The number of hydrogen-bond donors (Lipinski definition) is 2. The van der Waals surface area contributed by atoms with Gasteiger partial charge in [0.05, 0.1) is 6.26 Å². The van der Waals surface area contributed by atoms with Crippen LogP contribution in [0.5, 0.6) is 0 Å². The standard InChI is InChI=1S/C13H12O2.C11H20O2.C4H6O2/c1-3-10-6-5-7-11(12(10)4-2)8-9-13(14)15;1-4-6-7-10(5-2)8-9(3)11(12)13;1-3-6-4(2)5/h3-9H,1-2H2,(H,14,15);10H,3-8H2,1-2H3,(H,12,13);3H,1H2,2H3. The number of unbranched alkanes of at least 4 members (excludes halogenated alkanes) is 1. The lowest BCUT2D eigenvalue weighted by Gasteiger charge is -2.13. The Labute approximate surface area is 203 Å². The molecule has 1 rings (SSSR count). The summed E-state index contributed by atoms with van der Waals surface area (Å²) in [5.74, 6) is -1.64. The maximum Gasteiger partial charge on any atom is 0.330 e. The fourth-order valence-corrected chi connectivity index (χ4v) is 2.82. The first-order chi connectivity index (χ1) is 16.1. The monoisotopic (exact) mass is 470 g/mol. The molecule has 1 atom stereocenters. The minimum atomic E-state index is -0.964. The molecule has 6 heteroatoms. The summed E-state index contributed by atoms with van der Waals surface area (Å²) in [7, 11) is 0. The van der Waals surface area contributed by atoms with Crippen molar-refractivity contribution in [3.05, 3.63) is 79.1 Å². The van der Waals surface area contributed by atoms with Gasteiger partial charge in [0.1, 0.15) is 0 Å². The quantitative estimate of drug-likeness (QED) is 0.194. The summed E-state index contributed by atoms with van der Waals surface area (Å²) in [4.78, 5) is 30.7. The van der Waals surface area contributed by atoms with Crippen LogP contribution in [0.15, 0.2) is 62.4 Å². The topological polar surface area (TPSA) is 101 Å². The van der Waals surface area contributed by atoms with Gasteiger partial charge in [-0.05, 0) is 35.1 Å². The second-order valence-corrected chi connectivity index (χ2v) is 7.24. The molecule has 1 unspecified atom stereocenters. The van der Waals surface area contributed by atoms with E-state index in [1.165, 1.54) is 19.8 Å². The highest BCUT2D eigenvalue weighted by atomic mass is 16.5. The molecule has 0 aliphatic rings. The molecule has 1 aromatic rings. The lowest BCUT2D eigenvalue weighted by Crippen LogP contribution is -2.06. The van der Waals surface area contributed by atoms with Crippen LogP contribution in [0.4, 0.5) is 0 Å². The van der Waals surface area contributed by atoms with Crippen LogP contribution in [-0.2, 0) is 19.1 Å². The normalized spacial score (nSPS) is 10.4. The molecular weight excluding hydrogens is 432 g/mol. The van der Waals surface area contributed by atoms with Crippen molar-refractivity contribution in [3.8, 4) is 0 Å². The highest BCUT2D eigenvalue weighted by molar-refractivity contribution is 5.87. The predicted octanol–water partition coefficient (Wildman–Crippen LogP) is 7.00. The molecule has 34 heavy (non-hydrogen) atoms.